The summed E-state index contributed by atoms with van der Waals surface area (Å²) in [6.07, 6.45) is 2.46. The van der Waals surface area contributed by atoms with Crippen LogP contribution in [0.4, 0.5) is 11.6 Å². The van der Waals surface area contributed by atoms with Crippen LogP contribution < -0.4 is 10.2 Å². The van der Waals surface area contributed by atoms with Crippen LogP contribution in [0.5, 0.6) is 0 Å². The molecule has 1 aliphatic carbocycles. The van der Waals surface area contributed by atoms with Crippen LogP contribution >= 0.6 is 0 Å². The molecule has 0 aromatic carbocycles. The molecule has 1 saturated carbocycles. The Hall–Kier alpha value is -1.32. The predicted molar refractivity (Wildman–Crippen MR) is 76.3 cm³/mol. The van der Waals surface area contributed by atoms with Crippen molar-refractivity contribution in [2.45, 2.75) is 45.6 Å². The van der Waals surface area contributed by atoms with Crippen LogP contribution in [0.3, 0.4) is 0 Å². The maximum atomic E-state index is 4.72. The molecule has 1 aromatic heterocycles. The lowest BCUT2D eigenvalue weighted by Gasteiger charge is -2.29. The highest BCUT2D eigenvalue weighted by molar-refractivity contribution is 5.49. The predicted octanol–water partition coefficient (Wildman–Crippen LogP) is 2.88. The van der Waals surface area contributed by atoms with E-state index in [-0.39, 0.29) is 0 Å². The Kier molecular flexibility index (Phi) is 3.73. The van der Waals surface area contributed by atoms with E-state index in [0.29, 0.717) is 17.9 Å². The van der Waals surface area contributed by atoms with Gasteiger partial charge in [0, 0.05) is 32.1 Å². The Morgan fingerprint density at radius 2 is 1.94 bits per heavy atom. The van der Waals surface area contributed by atoms with Gasteiger partial charge in [0.2, 0.25) is 0 Å². The summed E-state index contributed by atoms with van der Waals surface area (Å²) < 4.78 is 0. The van der Waals surface area contributed by atoms with Crippen LogP contribution in [0.25, 0.3) is 0 Å². The summed E-state index contributed by atoms with van der Waals surface area (Å²) >= 11 is 0. The third kappa shape index (κ3) is 2.74. The van der Waals surface area contributed by atoms with Crippen LogP contribution in [0.1, 0.15) is 45.4 Å². The van der Waals surface area contributed by atoms with Gasteiger partial charge >= 0.3 is 0 Å². The Labute approximate surface area is 110 Å². The molecule has 1 aromatic rings. The average Bonchev–Trinajstić information content (AvgIpc) is 3.20. The number of nitrogens with one attached hydrogen (secondary N) is 1. The molecule has 0 amide bonds. The molecular weight excluding hydrogens is 224 g/mol. The second-order valence-electron chi connectivity index (χ2n) is 5.59. The molecule has 1 heterocycles. The highest BCUT2D eigenvalue weighted by Crippen LogP contribution is 2.39. The molecule has 0 aliphatic heterocycles. The molecule has 2 rings (SSSR count). The van der Waals surface area contributed by atoms with Gasteiger partial charge in [0.25, 0.3) is 0 Å². The molecule has 1 aliphatic rings. The first kappa shape index (κ1) is 13.1. The Balaban J connectivity index is 2.28. The lowest BCUT2D eigenvalue weighted by Crippen LogP contribution is -2.34. The molecule has 1 N–H and O–H groups in total. The molecular formula is C14H24N4. The van der Waals surface area contributed by atoms with Crippen molar-refractivity contribution in [3.63, 3.8) is 0 Å². The van der Waals surface area contributed by atoms with Gasteiger partial charge in [-0.25, -0.2) is 9.97 Å². The summed E-state index contributed by atoms with van der Waals surface area (Å²) in [6.45, 7) is 6.72. The Morgan fingerprint density at radius 3 is 2.44 bits per heavy atom. The van der Waals surface area contributed by atoms with E-state index in [9.17, 15) is 0 Å². The van der Waals surface area contributed by atoms with Crippen LogP contribution in [-0.4, -0.2) is 30.1 Å². The van der Waals surface area contributed by atoms with E-state index in [1.165, 1.54) is 12.8 Å². The van der Waals surface area contributed by atoms with Crippen LogP contribution in [0.15, 0.2) is 6.07 Å². The standard InChI is InChI=1S/C14H24N4/c1-9(2)10(3)18(5)13-8-12(15-4)16-14(17-13)11-6-7-11/h8-11H,6-7H2,1-5H3,(H,15,16,17). The van der Waals surface area contributed by atoms with E-state index in [0.717, 1.165) is 17.5 Å². The van der Waals surface area contributed by atoms with E-state index in [4.69, 9.17) is 4.98 Å². The average molecular weight is 248 g/mol. The summed E-state index contributed by atoms with van der Waals surface area (Å²) in [7, 11) is 4.03. The molecule has 0 saturated heterocycles. The zero-order valence-electron chi connectivity index (χ0n) is 12.1. The summed E-state index contributed by atoms with van der Waals surface area (Å²) in [5.74, 6) is 4.13. The quantitative estimate of drug-likeness (QED) is 0.870. The number of aromatic nitrogens is 2. The second kappa shape index (κ2) is 5.12. The van der Waals surface area contributed by atoms with E-state index in [1.54, 1.807) is 0 Å². The zero-order chi connectivity index (χ0) is 13.3. The van der Waals surface area contributed by atoms with Crippen molar-refractivity contribution in [1.29, 1.82) is 0 Å². The van der Waals surface area contributed by atoms with E-state index in [1.807, 2.05) is 13.1 Å². The molecule has 0 radical (unpaired) electrons. The summed E-state index contributed by atoms with van der Waals surface area (Å²) in [5.41, 5.74) is 0. The molecule has 0 bridgehead atoms. The van der Waals surface area contributed by atoms with E-state index in [2.05, 4.69) is 43.0 Å². The van der Waals surface area contributed by atoms with Crippen molar-refractivity contribution in [3.8, 4) is 0 Å². The van der Waals surface area contributed by atoms with Gasteiger partial charge in [0.05, 0.1) is 0 Å². The number of rotatable bonds is 5. The number of hydrogen-bond donors (Lipinski definition) is 1. The van der Waals surface area contributed by atoms with Crippen LogP contribution in [0.2, 0.25) is 0 Å². The van der Waals surface area contributed by atoms with Crippen molar-refractivity contribution in [2.75, 3.05) is 24.3 Å². The molecule has 4 heteroatoms. The molecule has 1 fully saturated rings. The van der Waals surface area contributed by atoms with Gasteiger partial charge in [-0.2, -0.15) is 0 Å². The number of nitrogens with zero attached hydrogens (tertiary/aromatic N) is 3. The third-order valence-corrected chi connectivity index (χ3v) is 3.87. The van der Waals surface area contributed by atoms with Crippen molar-refractivity contribution in [3.05, 3.63) is 11.9 Å². The lowest BCUT2D eigenvalue weighted by molar-refractivity contribution is 0.502. The van der Waals surface area contributed by atoms with Gasteiger partial charge in [-0.1, -0.05) is 13.8 Å². The number of anilines is 2. The third-order valence-electron chi connectivity index (χ3n) is 3.87. The minimum Gasteiger partial charge on any atom is -0.373 e. The summed E-state index contributed by atoms with van der Waals surface area (Å²) in [4.78, 5) is 11.5. The maximum absolute atomic E-state index is 4.72. The van der Waals surface area contributed by atoms with Crippen molar-refractivity contribution < 1.29 is 0 Å². The summed E-state index contributed by atoms with van der Waals surface area (Å²) in [6, 6.07) is 2.50. The van der Waals surface area contributed by atoms with Crippen LogP contribution in [-0.2, 0) is 0 Å². The SMILES string of the molecule is CNc1cc(N(C)C(C)C(C)C)nc(C2CC2)n1. The highest BCUT2D eigenvalue weighted by atomic mass is 15.2. The largest absolute Gasteiger partial charge is 0.373 e. The van der Waals surface area contributed by atoms with E-state index >= 15 is 0 Å². The second-order valence-corrected chi connectivity index (χ2v) is 5.59. The van der Waals surface area contributed by atoms with E-state index < -0.39 is 0 Å². The Morgan fingerprint density at radius 1 is 1.28 bits per heavy atom. The monoisotopic (exact) mass is 248 g/mol. The topological polar surface area (TPSA) is 41.0 Å². The fraction of sp³-hybridized carbons (Fsp3) is 0.714. The fourth-order valence-electron chi connectivity index (χ4n) is 1.94. The van der Waals surface area contributed by atoms with Gasteiger partial charge in [-0.3, -0.25) is 0 Å². The maximum Gasteiger partial charge on any atom is 0.136 e. The van der Waals surface area contributed by atoms with Crippen molar-refractivity contribution in [1.82, 2.24) is 9.97 Å². The minimum absolute atomic E-state index is 0.469. The first-order valence-corrected chi connectivity index (χ1v) is 6.82. The normalized spacial score (nSPS) is 16.8. The molecule has 18 heavy (non-hydrogen) atoms. The molecule has 1 unspecified atom stereocenters. The Bertz CT molecular complexity index is 412. The van der Waals surface area contributed by atoms with Gasteiger partial charge < -0.3 is 10.2 Å². The van der Waals surface area contributed by atoms with Crippen molar-refractivity contribution >= 4 is 11.6 Å². The van der Waals surface area contributed by atoms with Gasteiger partial charge in [0.1, 0.15) is 17.5 Å². The fourth-order valence-corrected chi connectivity index (χ4v) is 1.94. The zero-order valence-corrected chi connectivity index (χ0v) is 12.1. The minimum atomic E-state index is 0.469. The van der Waals surface area contributed by atoms with Gasteiger partial charge in [-0.05, 0) is 25.7 Å². The molecule has 1 atom stereocenters. The lowest BCUT2D eigenvalue weighted by atomic mass is 10.1. The summed E-state index contributed by atoms with van der Waals surface area (Å²) in [5, 5.41) is 3.14. The first-order valence-electron chi connectivity index (χ1n) is 6.82. The molecule has 4 nitrogen and oxygen atoms in total. The first-order chi connectivity index (χ1) is 8.52. The van der Waals surface area contributed by atoms with Gasteiger partial charge in [-0.15, -0.1) is 0 Å². The molecule has 0 spiro atoms. The number of hydrogen-bond acceptors (Lipinski definition) is 4. The van der Waals surface area contributed by atoms with Crippen LogP contribution in [0, 0.1) is 5.92 Å². The molecule has 100 valence electrons. The van der Waals surface area contributed by atoms with Crippen molar-refractivity contribution in [2.24, 2.45) is 5.92 Å². The van der Waals surface area contributed by atoms with Gasteiger partial charge in [0.15, 0.2) is 0 Å². The highest BCUT2D eigenvalue weighted by Gasteiger charge is 2.28. The smallest absolute Gasteiger partial charge is 0.136 e.